The first-order valence-corrected chi connectivity index (χ1v) is 8.85. The van der Waals surface area contributed by atoms with E-state index in [1.165, 1.54) is 11.3 Å². The van der Waals surface area contributed by atoms with Gasteiger partial charge < -0.3 is 5.73 Å². The fourth-order valence-corrected chi connectivity index (χ4v) is 4.67. The summed E-state index contributed by atoms with van der Waals surface area (Å²) in [6.45, 7) is 2.13. The number of alkyl halides is 1. The highest BCUT2D eigenvalue weighted by Crippen LogP contribution is 2.39. The number of halogens is 1. The Hall–Kier alpha value is -0.790. The lowest BCUT2D eigenvalue weighted by atomic mass is 9.88. The number of rotatable bonds is 4. The van der Waals surface area contributed by atoms with Crippen LogP contribution in [0.15, 0.2) is 0 Å². The Balaban J connectivity index is 2.47. The Labute approximate surface area is 121 Å². The Morgan fingerprint density at radius 1 is 1.58 bits per heavy atom. The van der Waals surface area contributed by atoms with E-state index in [1.807, 2.05) is 0 Å². The van der Waals surface area contributed by atoms with Crippen molar-refractivity contribution in [1.82, 2.24) is 0 Å². The van der Waals surface area contributed by atoms with Gasteiger partial charge in [-0.2, -0.15) is 0 Å². The minimum Gasteiger partial charge on any atom is -0.365 e. The van der Waals surface area contributed by atoms with Crippen molar-refractivity contribution in [2.45, 2.75) is 26.2 Å². The summed E-state index contributed by atoms with van der Waals surface area (Å²) in [5.41, 5.74) is 6.58. The second-order valence-corrected chi connectivity index (χ2v) is 8.16. The van der Waals surface area contributed by atoms with Gasteiger partial charge in [-0.3, -0.25) is 9.52 Å². The lowest BCUT2D eigenvalue weighted by Crippen LogP contribution is -2.19. The van der Waals surface area contributed by atoms with Crippen molar-refractivity contribution in [2.75, 3.05) is 9.93 Å². The van der Waals surface area contributed by atoms with Crippen LogP contribution in [0.2, 0.25) is 0 Å². The zero-order valence-corrected chi connectivity index (χ0v) is 12.8. The first-order chi connectivity index (χ1) is 8.84. The second-order valence-electron chi connectivity index (χ2n) is 4.75. The molecule has 1 aromatic rings. The van der Waals surface area contributed by atoms with Gasteiger partial charge in [0.2, 0.25) is 10.0 Å². The lowest BCUT2D eigenvalue weighted by molar-refractivity contribution is 0.100. The van der Waals surface area contributed by atoms with Crippen LogP contribution in [0, 0.1) is 5.92 Å². The summed E-state index contributed by atoms with van der Waals surface area (Å²) in [5.74, 6) is -0.0660. The molecule has 2 rings (SSSR count). The van der Waals surface area contributed by atoms with E-state index in [0.29, 0.717) is 16.5 Å². The van der Waals surface area contributed by atoms with Gasteiger partial charge in [-0.25, -0.2) is 8.42 Å². The number of hydrogen-bond acceptors (Lipinski definition) is 4. The Bertz CT molecular complexity index is 610. The number of carbonyl (C=O) groups is 1. The largest absolute Gasteiger partial charge is 0.365 e. The summed E-state index contributed by atoms with van der Waals surface area (Å²) in [6.07, 6.45) is 2.59. The van der Waals surface area contributed by atoms with Crippen molar-refractivity contribution in [2.24, 2.45) is 11.7 Å². The summed E-state index contributed by atoms with van der Waals surface area (Å²) in [6, 6.07) is 0. The molecule has 1 amide bonds. The topological polar surface area (TPSA) is 89.3 Å². The normalized spacial score (nSPS) is 18.9. The number of primary amides is 1. The van der Waals surface area contributed by atoms with Gasteiger partial charge in [-0.15, -0.1) is 22.9 Å². The van der Waals surface area contributed by atoms with E-state index in [4.69, 9.17) is 17.3 Å². The molecule has 0 aromatic carbocycles. The monoisotopic (exact) mass is 322 g/mol. The van der Waals surface area contributed by atoms with Crippen LogP contribution in [0.3, 0.4) is 0 Å². The number of nitrogens with one attached hydrogen (secondary N) is 1. The van der Waals surface area contributed by atoms with E-state index in [-0.39, 0.29) is 0 Å². The van der Waals surface area contributed by atoms with Crippen LogP contribution in [-0.2, 0) is 22.9 Å². The SMILES string of the molecule is CC1CCc2c(sc(NS(=O)(=O)CCl)c2C(N)=O)C1. The maximum Gasteiger partial charge on any atom is 0.252 e. The van der Waals surface area contributed by atoms with Crippen molar-refractivity contribution in [3.8, 4) is 0 Å². The van der Waals surface area contributed by atoms with Crippen molar-refractivity contribution >= 4 is 43.9 Å². The van der Waals surface area contributed by atoms with Gasteiger partial charge in [0.25, 0.3) is 5.91 Å². The number of fused-ring (bicyclic) bond motifs is 1. The van der Waals surface area contributed by atoms with Crippen molar-refractivity contribution in [3.63, 3.8) is 0 Å². The van der Waals surface area contributed by atoms with Gasteiger partial charge in [-0.05, 0) is 30.7 Å². The van der Waals surface area contributed by atoms with E-state index < -0.39 is 21.1 Å². The highest BCUT2D eigenvalue weighted by atomic mass is 35.5. The Morgan fingerprint density at radius 2 is 2.26 bits per heavy atom. The molecule has 0 saturated carbocycles. The van der Waals surface area contributed by atoms with Crippen LogP contribution >= 0.6 is 22.9 Å². The summed E-state index contributed by atoms with van der Waals surface area (Å²) < 4.78 is 25.4. The summed E-state index contributed by atoms with van der Waals surface area (Å²) >= 11 is 6.65. The van der Waals surface area contributed by atoms with Gasteiger partial charge in [-0.1, -0.05) is 6.92 Å². The van der Waals surface area contributed by atoms with Crippen LogP contribution in [0.25, 0.3) is 0 Å². The van der Waals surface area contributed by atoms with Gasteiger partial charge in [0.1, 0.15) is 10.2 Å². The van der Waals surface area contributed by atoms with Gasteiger partial charge in [0.05, 0.1) is 5.56 Å². The second kappa shape index (κ2) is 5.30. The van der Waals surface area contributed by atoms with Gasteiger partial charge in [0.15, 0.2) is 0 Å². The fourth-order valence-electron chi connectivity index (χ4n) is 2.25. The molecule has 19 heavy (non-hydrogen) atoms. The number of anilines is 1. The highest BCUT2D eigenvalue weighted by Gasteiger charge is 2.27. The molecule has 3 N–H and O–H groups in total. The van der Waals surface area contributed by atoms with Crippen LogP contribution in [0.5, 0.6) is 0 Å². The van der Waals surface area contributed by atoms with Crippen molar-refractivity contribution < 1.29 is 13.2 Å². The first kappa shape index (κ1) is 14.6. The predicted molar refractivity (Wildman–Crippen MR) is 77.3 cm³/mol. The third kappa shape index (κ3) is 3.04. The number of nitrogens with two attached hydrogens (primary N) is 1. The third-order valence-corrected chi connectivity index (χ3v) is 6.11. The molecule has 1 atom stereocenters. The maximum absolute atomic E-state index is 11.6. The fraction of sp³-hybridized carbons (Fsp3) is 0.545. The highest BCUT2D eigenvalue weighted by molar-refractivity contribution is 7.94. The van der Waals surface area contributed by atoms with Gasteiger partial charge >= 0.3 is 0 Å². The number of amides is 1. The molecule has 8 heteroatoms. The first-order valence-electron chi connectivity index (χ1n) is 5.85. The number of thiophene rings is 1. The molecular weight excluding hydrogens is 308 g/mol. The van der Waals surface area contributed by atoms with E-state index in [0.717, 1.165) is 29.7 Å². The van der Waals surface area contributed by atoms with Crippen LogP contribution in [0.1, 0.15) is 34.1 Å². The number of carbonyl (C=O) groups excluding carboxylic acids is 1. The molecule has 0 fully saturated rings. The average molecular weight is 323 g/mol. The summed E-state index contributed by atoms with van der Waals surface area (Å²) in [7, 11) is -3.62. The predicted octanol–water partition coefficient (Wildman–Crippen LogP) is 1.91. The molecule has 0 radical (unpaired) electrons. The molecule has 1 unspecified atom stereocenters. The Kier molecular flexibility index (Phi) is 4.08. The van der Waals surface area contributed by atoms with E-state index >= 15 is 0 Å². The molecule has 1 aromatic heterocycles. The summed E-state index contributed by atoms with van der Waals surface area (Å²) in [5, 5.41) is -0.253. The molecule has 0 spiro atoms. The average Bonchev–Trinajstić information content (AvgIpc) is 2.65. The van der Waals surface area contributed by atoms with E-state index in [1.54, 1.807) is 0 Å². The molecular formula is C11H15ClN2O3S2. The molecule has 0 saturated heterocycles. The van der Waals surface area contributed by atoms with Crippen molar-refractivity contribution in [3.05, 3.63) is 16.0 Å². The quantitative estimate of drug-likeness (QED) is 0.830. The molecule has 1 aliphatic rings. The summed E-state index contributed by atoms with van der Waals surface area (Å²) in [4.78, 5) is 12.6. The molecule has 106 valence electrons. The molecule has 1 aliphatic carbocycles. The van der Waals surface area contributed by atoms with Crippen molar-refractivity contribution in [1.29, 1.82) is 0 Å². The maximum atomic E-state index is 11.6. The third-order valence-electron chi connectivity index (χ3n) is 3.15. The smallest absolute Gasteiger partial charge is 0.252 e. The lowest BCUT2D eigenvalue weighted by Gasteiger charge is -2.18. The molecule has 5 nitrogen and oxygen atoms in total. The van der Waals surface area contributed by atoms with Crippen LogP contribution < -0.4 is 10.5 Å². The molecule has 1 heterocycles. The zero-order chi connectivity index (χ0) is 14.2. The zero-order valence-electron chi connectivity index (χ0n) is 10.4. The Morgan fingerprint density at radius 3 is 2.84 bits per heavy atom. The van der Waals surface area contributed by atoms with Gasteiger partial charge in [0, 0.05) is 4.88 Å². The number of hydrogen-bond donors (Lipinski definition) is 2. The minimum atomic E-state index is -3.62. The number of sulfonamides is 1. The standard InChI is InChI=1S/C11H15ClN2O3S2/c1-6-2-3-7-8(4-6)18-11(9(7)10(13)15)14-19(16,17)5-12/h6,14H,2-5H2,1H3,(H2,13,15). The van der Waals surface area contributed by atoms with Crippen LogP contribution in [-0.4, -0.2) is 19.5 Å². The van der Waals surface area contributed by atoms with Crippen LogP contribution in [0.4, 0.5) is 5.00 Å². The molecule has 0 aliphatic heterocycles. The molecule has 0 bridgehead atoms. The van der Waals surface area contributed by atoms with E-state index in [2.05, 4.69) is 11.6 Å². The minimum absolute atomic E-state index is 0.298. The van der Waals surface area contributed by atoms with E-state index in [9.17, 15) is 13.2 Å².